The molecular formula is C41H25NO3. The number of para-hydroxylation sites is 2. The Morgan fingerprint density at radius 1 is 0.444 bits per heavy atom. The predicted molar refractivity (Wildman–Crippen MR) is 181 cm³/mol. The van der Waals surface area contributed by atoms with Crippen LogP contribution in [-0.2, 0) is 5.41 Å². The Hall–Kier alpha value is -6.00. The van der Waals surface area contributed by atoms with Crippen LogP contribution in [0.25, 0.3) is 43.1 Å². The number of rotatable bonds is 0. The zero-order chi connectivity index (χ0) is 29.9. The molecule has 0 radical (unpaired) electrons. The van der Waals surface area contributed by atoms with Crippen LogP contribution in [0, 0.1) is 0 Å². The van der Waals surface area contributed by atoms with Crippen molar-refractivity contribution in [2.75, 3.05) is 5.32 Å². The highest BCUT2D eigenvalue weighted by Gasteiger charge is 2.50. The summed E-state index contributed by atoms with van der Waals surface area (Å²) >= 11 is 0. The lowest BCUT2D eigenvalue weighted by Crippen LogP contribution is -2.37. The molecule has 2 heterocycles. The molecule has 3 N–H and O–H groups in total. The molecular weight excluding hydrogens is 554 g/mol. The minimum absolute atomic E-state index is 0.244. The van der Waals surface area contributed by atoms with Gasteiger partial charge < -0.3 is 20.3 Å². The fourth-order valence-corrected chi connectivity index (χ4v) is 8.05. The number of hydrogen-bond donors (Lipinski definition) is 3. The summed E-state index contributed by atoms with van der Waals surface area (Å²) in [6, 6.07) is 45.3. The molecule has 212 valence electrons. The van der Waals surface area contributed by atoms with Gasteiger partial charge in [0.1, 0.15) is 23.0 Å². The van der Waals surface area contributed by atoms with Crippen molar-refractivity contribution >= 4 is 54.5 Å². The van der Waals surface area contributed by atoms with Gasteiger partial charge in [-0.15, -0.1) is 0 Å². The molecule has 1 spiro atoms. The van der Waals surface area contributed by atoms with Gasteiger partial charge in [-0.2, -0.15) is 0 Å². The standard InChI is InChI=1S/C41H25NO3/c43-35-21-23-17-19-31-39(37(23)27-11-3-1-9-25(27)35)45-40-32(20-18-24-22-36(44)26-10-2-4-12-28(26)38(24)40)41(31)29-13-5-7-15-33(29)42-34-16-8-6-14-30(34)41/h1-22,42-44H. The van der Waals surface area contributed by atoms with Crippen LogP contribution in [0.5, 0.6) is 23.0 Å². The van der Waals surface area contributed by atoms with Crippen molar-refractivity contribution in [1.82, 2.24) is 0 Å². The number of phenols is 2. The van der Waals surface area contributed by atoms with Gasteiger partial charge in [0, 0.05) is 44.0 Å². The lowest BCUT2D eigenvalue weighted by atomic mass is 9.61. The number of nitrogens with one attached hydrogen (secondary N) is 1. The lowest BCUT2D eigenvalue weighted by Gasteiger charge is -2.46. The van der Waals surface area contributed by atoms with E-state index in [1.165, 1.54) is 0 Å². The molecule has 0 saturated carbocycles. The van der Waals surface area contributed by atoms with Gasteiger partial charge in [0.2, 0.25) is 0 Å². The average molecular weight is 580 g/mol. The first kappa shape index (κ1) is 24.4. The molecule has 4 heteroatoms. The molecule has 8 aromatic rings. The maximum atomic E-state index is 11.0. The minimum Gasteiger partial charge on any atom is -0.507 e. The van der Waals surface area contributed by atoms with Crippen molar-refractivity contribution < 1.29 is 14.9 Å². The van der Waals surface area contributed by atoms with Gasteiger partial charge in [-0.1, -0.05) is 109 Å². The van der Waals surface area contributed by atoms with Crippen LogP contribution in [0.2, 0.25) is 0 Å². The maximum Gasteiger partial charge on any atom is 0.140 e. The molecule has 0 fully saturated rings. The van der Waals surface area contributed by atoms with E-state index in [1.807, 2.05) is 48.5 Å². The van der Waals surface area contributed by atoms with Crippen molar-refractivity contribution in [3.8, 4) is 23.0 Å². The summed E-state index contributed by atoms with van der Waals surface area (Å²) in [5, 5.41) is 33.0. The molecule has 0 saturated heterocycles. The third-order valence-corrected chi connectivity index (χ3v) is 9.85. The molecule has 0 atom stereocenters. The van der Waals surface area contributed by atoms with Gasteiger partial charge in [-0.05, 0) is 56.9 Å². The molecule has 10 rings (SSSR count). The maximum absolute atomic E-state index is 11.0. The minimum atomic E-state index is -0.721. The number of ether oxygens (including phenoxy) is 1. The highest BCUT2D eigenvalue weighted by Crippen LogP contribution is 2.63. The van der Waals surface area contributed by atoms with E-state index in [0.29, 0.717) is 0 Å². The molecule has 0 amide bonds. The Balaban J connectivity index is 1.48. The lowest BCUT2D eigenvalue weighted by molar-refractivity contribution is 0.445. The van der Waals surface area contributed by atoms with Crippen LogP contribution in [0.4, 0.5) is 11.4 Å². The Bertz CT molecular complexity index is 2410. The van der Waals surface area contributed by atoms with E-state index in [1.54, 1.807) is 0 Å². The van der Waals surface area contributed by atoms with Crippen molar-refractivity contribution in [3.05, 3.63) is 156 Å². The van der Waals surface area contributed by atoms with Gasteiger partial charge in [-0.25, -0.2) is 0 Å². The van der Waals surface area contributed by atoms with Gasteiger partial charge in [-0.3, -0.25) is 0 Å². The first-order valence-electron chi connectivity index (χ1n) is 15.1. The zero-order valence-electron chi connectivity index (χ0n) is 24.0. The van der Waals surface area contributed by atoms with Crippen molar-refractivity contribution in [3.63, 3.8) is 0 Å². The average Bonchev–Trinajstić information content (AvgIpc) is 3.08. The first-order chi connectivity index (χ1) is 22.1. The van der Waals surface area contributed by atoms with Crippen LogP contribution in [0.15, 0.2) is 133 Å². The number of hydrogen-bond acceptors (Lipinski definition) is 4. The van der Waals surface area contributed by atoms with Gasteiger partial charge in [0.05, 0.1) is 5.41 Å². The molecule has 2 aliphatic rings. The van der Waals surface area contributed by atoms with Gasteiger partial charge in [0.25, 0.3) is 0 Å². The summed E-state index contributed by atoms with van der Waals surface area (Å²) in [4.78, 5) is 0. The SMILES string of the molecule is Oc1cc2ccc3c(c2c2ccccc12)Oc1c(ccc2cc(O)c4ccccc4c12)C31c2ccccc2Nc2ccccc21. The third-order valence-electron chi connectivity index (χ3n) is 9.85. The van der Waals surface area contributed by atoms with Crippen LogP contribution < -0.4 is 10.1 Å². The summed E-state index contributed by atoms with van der Waals surface area (Å²) in [7, 11) is 0. The van der Waals surface area contributed by atoms with E-state index >= 15 is 0 Å². The summed E-state index contributed by atoms with van der Waals surface area (Å²) in [5.41, 5.74) is 5.73. The monoisotopic (exact) mass is 579 g/mol. The van der Waals surface area contributed by atoms with E-state index in [-0.39, 0.29) is 11.5 Å². The predicted octanol–water partition coefficient (Wildman–Crippen LogP) is 10.3. The number of fused-ring (bicyclic) bond motifs is 16. The van der Waals surface area contributed by atoms with Crippen molar-refractivity contribution in [2.45, 2.75) is 5.41 Å². The summed E-state index contributed by atoms with van der Waals surface area (Å²) < 4.78 is 7.27. The Morgan fingerprint density at radius 2 is 0.867 bits per heavy atom. The fourth-order valence-electron chi connectivity index (χ4n) is 8.05. The number of phenolic OH excluding ortho intramolecular Hbond substituents is 2. The summed E-state index contributed by atoms with van der Waals surface area (Å²) in [5.74, 6) is 2.03. The fraction of sp³-hybridized carbons (Fsp3) is 0.0244. The number of aromatic hydroxyl groups is 2. The molecule has 0 aliphatic carbocycles. The van der Waals surface area contributed by atoms with Crippen molar-refractivity contribution in [2.24, 2.45) is 0 Å². The quantitative estimate of drug-likeness (QED) is 0.156. The second-order valence-electron chi connectivity index (χ2n) is 12.0. The Kier molecular flexibility index (Phi) is 4.64. The summed E-state index contributed by atoms with van der Waals surface area (Å²) in [6.45, 7) is 0. The molecule has 8 aromatic carbocycles. The molecule has 4 nitrogen and oxygen atoms in total. The zero-order valence-corrected chi connectivity index (χ0v) is 24.0. The van der Waals surface area contributed by atoms with Crippen LogP contribution in [-0.4, -0.2) is 10.2 Å². The van der Waals surface area contributed by atoms with E-state index in [0.717, 1.165) is 88.2 Å². The first-order valence-corrected chi connectivity index (χ1v) is 15.1. The number of benzene rings is 8. The van der Waals surface area contributed by atoms with E-state index < -0.39 is 5.41 Å². The van der Waals surface area contributed by atoms with E-state index in [2.05, 4.69) is 90.2 Å². The molecule has 0 bridgehead atoms. The Morgan fingerprint density at radius 3 is 1.36 bits per heavy atom. The summed E-state index contributed by atoms with van der Waals surface area (Å²) in [6.07, 6.45) is 0. The van der Waals surface area contributed by atoms with Crippen molar-refractivity contribution in [1.29, 1.82) is 0 Å². The number of anilines is 2. The molecule has 45 heavy (non-hydrogen) atoms. The van der Waals surface area contributed by atoms with Gasteiger partial charge in [0.15, 0.2) is 0 Å². The highest BCUT2D eigenvalue weighted by atomic mass is 16.5. The molecule has 0 unspecified atom stereocenters. The third kappa shape index (κ3) is 3.01. The Labute approximate surface area is 258 Å². The largest absolute Gasteiger partial charge is 0.507 e. The molecule has 2 aliphatic heterocycles. The van der Waals surface area contributed by atoms with Crippen LogP contribution in [0.3, 0.4) is 0 Å². The normalized spacial score (nSPS) is 14.0. The van der Waals surface area contributed by atoms with Gasteiger partial charge >= 0.3 is 0 Å². The molecule has 0 aromatic heterocycles. The van der Waals surface area contributed by atoms with Crippen LogP contribution in [0.1, 0.15) is 22.3 Å². The highest BCUT2D eigenvalue weighted by molar-refractivity contribution is 6.17. The van der Waals surface area contributed by atoms with Crippen LogP contribution >= 0.6 is 0 Å². The smallest absolute Gasteiger partial charge is 0.140 e. The van der Waals surface area contributed by atoms with E-state index in [9.17, 15) is 10.2 Å². The second kappa shape index (κ2) is 8.55. The second-order valence-corrected chi connectivity index (χ2v) is 12.0. The van der Waals surface area contributed by atoms with E-state index in [4.69, 9.17) is 4.74 Å². The topological polar surface area (TPSA) is 61.7 Å².